The minimum Gasteiger partial charge on any atom is -0.319 e. The maximum Gasteiger partial charge on any atom is 0.331 e. The molecule has 0 heterocycles. The van der Waals surface area contributed by atoms with Gasteiger partial charge in [-0.3, -0.25) is 0 Å². The Hall–Kier alpha value is -1.64. The molecule has 3 nitrogen and oxygen atoms in total. The molecule has 0 aliphatic rings. The van der Waals surface area contributed by atoms with Gasteiger partial charge in [-0.05, 0) is 18.1 Å². The van der Waals surface area contributed by atoms with E-state index in [0.29, 0.717) is 0 Å². The lowest BCUT2D eigenvalue weighted by molar-refractivity contribution is -0.140. The smallest absolute Gasteiger partial charge is 0.319 e. The topological polar surface area (TPSA) is 38.7 Å². The van der Waals surface area contributed by atoms with E-state index in [1.807, 2.05) is 31.2 Å². The molecule has 68 valence electrons. The van der Waals surface area contributed by atoms with Gasteiger partial charge in [-0.15, -0.1) is 0 Å². The van der Waals surface area contributed by atoms with Gasteiger partial charge in [0.05, 0.1) is 6.21 Å². The van der Waals surface area contributed by atoms with E-state index in [2.05, 4.69) is 9.99 Å². The second-order valence-corrected chi connectivity index (χ2v) is 2.67. The number of aryl methyl sites for hydroxylation is 1. The van der Waals surface area contributed by atoms with Crippen molar-refractivity contribution in [2.24, 2.45) is 5.16 Å². The summed E-state index contributed by atoms with van der Waals surface area (Å²) in [6, 6.07) is 7.72. The molecule has 13 heavy (non-hydrogen) atoms. The van der Waals surface area contributed by atoms with Gasteiger partial charge in [0.15, 0.2) is 0 Å². The quantitative estimate of drug-likeness (QED) is 0.393. The highest BCUT2D eigenvalue weighted by molar-refractivity contribution is 5.81. The van der Waals surface area contributed by atoms with Crippen LogP contribution in [0.25, 0.3) is 0 Å². The summed E-state index contributed by atoms with van der Waals surface area (Å²) >= 11 is 0. The van der Waals surface area contributed by atoms with Gasteiger partial charge in [0.2, 0.25) is 0 Å². The van der Waals surface area contributed by atoms with E-state index < -0.39 is 5.97 Å². The third kappa shape index (κ3) is 3.07. The fourth-order valence-electron chi connectivity index (χ4n) is 0.889. The van der Waals surface area contributed by atoms with Crippen LogP contribution in [0.4, 0.5) is 0 Å². The lowest BCUT2D eigenvalue weighted by Crippen LogP contribution is -1.92. The lowest BCUT2D eigenvalue weighted by Gasteiger charge is -1.96. The van der Waals surface area contributed by atoms with Gasteiger partial charge in [-0.2, -0.15) is 0 Å². The molecule has 0 fully saturated rings. The third-order valence-corrected chi connectivity index (χ3v) is 1.56. The minimum atomic E-state index is -0.412. The van der Waals surface area contributed by atoms with E-state index in [9.17, 15) is 4.79 Å². The Morgan fingerprint density at radius 3 is 2.77 bits per heavy atom. The Morgan fingerprint density at radius 2 is 2.15 bits per heavy atom. The second-order valence-electron chi connectivity index (χ2n) is 2.67. The molecule has 0 bridgehead atoms. The van der Waals surface area contributed by atoms with Gasteiger partial charge in [-0.25, -0.2) is 4.79 Å². The first kappa shape index (κ1) is 9.45. The van der Waals surface area contributed by atoms with Gasteiger partial charge in [0.25, 0.3) is 0 Å². The highest BCUT2D eigenvalue weighted by atomic mass is 16.7. The number of oxime groups is 1. The van der Waals surface area contributed by atoms with Crippen LogP contribution < -0.4 is 0 Å². The molecular weight excluding hydrogens is 166 g/mol. The minimum absolute atomic E-state index is 0.412. The van der Waals surface area contributed by atoms with Gasteiger partial charge < -0.3 is 4.84 Å². The van der Waals surface area contributed by atoms with E-state index in [-0.39, 0.29) is 0 Å². The summed E-state index contributed by atoms with van der Waals surface area (Å²) in [6.45, 7) is 3.28. The molecule has 0 atom stereocenters. The van der Waals surface area contributed by atoms with E-state index in [4.69, 9.17) is 0 Å². The van der Waals surface area contributed by atoms with Crippen molar-refractivity contribution in [3.63, 3.8) is 0 Å². The fraction of sp³-hybridized carbons (Fsp3) is 0.200. The van der Waals surface area contributed by atoms with Crippen LogP contribution in [0, 0.1) is 6.92 Å². The zero-order chi connectivity index (χ0) is 9.68. The van der Waals surface area contributed by atoms with Crippen molar-refractivity contribution < 1.29 is 9.63 Å². The molecule has 0 radical (unpaired) electrons. The SMILES string of the molecule is CC(=O)O/N=C/c1ccccc1C. The number of nitrogens with zero attached hydrogens (tertiary/aromatic N) is 1. The molecule has 3 heteroatoms. The van der Waals surface area contributed by atoms with Crippen molar-refractivity contribution >= 4 is 12.2 Å². The number of carbonyl (C=O) groups is 1. The first-order valence-electron chi connectivity index (χ1n) is 3.97. The average molecular weight is 177 g/mol. The van der Waals surface area contributed by atoms with Crippen molar-refractivity contribution in [1.82, 2.24) is 0 Å². The van der Waals surface area contributed by atoms with Gasteiger partial charge in [0.1, 0.15) is 0 Å². The van der Waals surface area contributed by atoms with Gasteiger partial charge >= 0.3 is 5.97 Å². The Labute approximate surface area is 77.0 Å². The van der Waals surface area contributed by atoms with Crippen LogP contribution in [-0.4, -0.2) is 12.2 Å². The highest BCUT2D eigenvalue weighted by Gasteiger charge is 1.92. The van der Waals surface area contributed by atoms with Crippen LogP contribution in [-0.2, 0) is 9.63 Å². The Bertz CT molecular complexity index is 331. The van der Waals surface area contributed by atoms with Crippen molar-refractivity contribution in [2.75, 3.05) is 0 Å². The number of hydrogen-bond donors (Lipinski definition) is 0. The fourth-order valence-corrected chi connectivity index (χ4v) is 0.889. The molecule has 0 saturated carbocycles. The Morgan fingerprint density at radius 1 is 1.46 bits per heavy atom. The van der Waals surface area contributed by atoms with Crippen LogP contribution in [0.1, 0.15) is 18.1 Å². The zero-order valence-corrected chi connectivity index (χ0v) is 7.65. The molecule has 0 aliphatic heterocycles. The molecule has 0 aliphatic carbocycles. The van der Waals surface area contributed by atoms with E-state index in [1.54, 1.807) is 0 Å². The van der Waals surface area contributed by atoms with Crippen molar-refractivity contribution in [2.45, 2.75) is 13.8 Å². The normalized spacial score (nSPS) is 10.3. The highest BCUT2D eigenvalue weighted by Crippen LogP contribution is 2.03. The monoisotopic (exact) mass is 177 g/mol. The molecule has 1 aromatic rings. The average Bonchev–Trinajstić information content (AvgIpc) is 2.08. The second kappa shape index (κ2) is 4.40. The Balaban J connectivity index is 2.68. The van der Waals surface area contributed by atoms with E-state index in [1.165, 1.54) is 13.1 Å². The Kier molecular flexibility index (Phi) is 3.20. The van der Waals surface area contributed by atoms with Crippen LogP contribution in [0.3, 0.4) is 0 Å². The summed E-state index contributed by atoms with van der Waals surface area (Å²) in [5.74, 6) is -0.412. The summed E-state index contributed by atoms with van der Waals surface area (Å²) in [7, 11) is 0. The van der Waals surface area contributed by atoms with Crippen molar-refractivity contribution in [3.8, 4) is 0 Å². The summed E-state index contributed by atoms with van der Waals surface area (Å²) in [4.78, 5) is 14.8. The largest absolute Gasteiger partial charge is 0.331 e. The summed E-state index contributed by atoms with van der Waals surface area (Å²) in [6.07, 6.45) is 1.52. The molecule has 1 rings (SSSR count). The molecule has 0 unspecified atom stereocenters. The van der Waals surface area contributed by atoms with Gasteiger partial charge in [0, 0.05) is 6.92 Å². The van der Waals surface area contributed by atoms with Gasteiger partial charge in [-0.1, -0.05) is 29.4 Å². The van der Waals surface area contributed by atoms with E-state index in [0.717, 1.165) is 11.1 Å². The molecule has 0 amide bonds. The number of benzene rings is 1. The summed E-state index contributed by atoms with van der Waals surface area (Å²) < 4.78 is 0. The van der Waals surface area contributed by atoms with E-state index >= 15 is 0 Å². The molecule has 1 aromatic carbocycles. The predicted octanol–water partition coefficient (Wildman–Crippen LogP) is 1.89. The first-order valence-corrected chi connectivity index (χ1v) is 3.97. The van der Waals surface area contributed by atoms with Crippen LogP contribution in [0.2, 0.25) is 0 Å². The maximum atomic E-state index is 10.4. The van der Waals surface area contributed by atoms with Crippen LogP contribution in [0.5, 0.6) is 0 Å². The zero-order valence-electron chi connectivity index (χ0n) is 7.65. The maximum absolute atomic E-state index is 10.4. The molecule has 0 saturated heterocycles. The van der Waals surface area contributed by atoms with Crippen molar-refractivity contribution in [1.29, 1.82) is 0 Å². The standard InChI is InChI=1S/C10H11NO2/c1-8-5-3-4-6-10(8)7-11-13-9(2)12/h3-7H,1-2H3/b11-7+. The lowest BCUT2D eigenvalue weighted by atomic mass is 10.1. The number of carbonyl (C=O) groups excluding carboxylic acids is 1. The summed E-state index contributed by atoms with van der Waals surface area (Å²) in [5.41, 5.74) is 2.04. The van der Waals surface area contributed by atoms with Crippen molar-refractivity contribution in [3.05, 3.63) is 35.4 Å². The number of rotatable bonds is 2. The molecule has 0 spiro atoms. The summed E-state index contributed by atoms with van der Waals surface area (Å²) in [5, 5.41) is 3.53. The molecule has 0 N–H and O–H groups in total. The number of hydrogen-bond acceptors (Lipinski definition) is 3. The van der Waals surface area contributed by atoms with Crippen LogP contribution in [0.15, 0.2) is 29.4 Å². The first-order chi connectivity index (χ1) is 6.20. The predicted molar refractivity (Wildman–Crippen MR) is 50.5 cm³/mol. The third-order valence-electron chi connectivity index (χ3n) is 1.56. The molecular formula is C10H11NO2. The molecule has 0 aromatic heterocycles. The van der Waals surface area contributed by atoms with Crippen LogP contribution >= 0.6 is 0 Å².